The third-order valence-electron chi connectivity index (χ3n) is 6.72. The molecular weight excluding hydrogens is 520 g/mol. The SMILES string of the molecule is CNc1nc(Nc2ccc(C(=O)N3CCN(C[C@H]4CC[C@@H](CBr)C4)CC3)cc2OC)ncc1Cl. The molecule has 0 unspecified atom stereocenters. The molecule has 1 aliphatic carbocycles. The Kier molecular flexibility index (Phi) is 8.50. The van der Waals surface area contributed by atoms with Crippen LogP contribution in [0.5, 0.6) is 5.75 Å². The number of halogens is 2. The van der Waals surface area contributed by atoms with E-state index in [-0.39, 0.29) is 5.91 Å². The molecule has 1 saturated heterocycles. The highest BCUT2D eigenvalue weighted by atomic mass is 79.9. The highest BCUT2D eigenvalue weighted by molar-refractivity contribution is 9.09. The molecule has 34 heavy (non-hydrogen) atoms. The second-order valence-electron chi connectivity index (χ2n) is 8.97. The first-order valence-corrected chi connectivity index (χ1v) is 13.2. The molecule has 10 heteroatoms. The first-order valence-electron chi connectivity index (χ1n) is 11.7. The molecule has 184 valence electrons. The van der Waals surface area contributed by atoms with Crippen LogP contribution in [0.4, 0.5) is 17.5 Å². The zero-order valence-electron chi connectivity index (χ0n) is 19.7. The molecule has 1 amide bonds. The Hall–Kier alpha value is -2.10. The first kappa shape index (κ1) is 25.0. The molecule has 4 rings (SSSR count). The maximum absolute atomic E-state index is 13.2. The number of carbonyl (C=O) groups excluding carboxylic acids is 1. The van der Waals surface area contributed by atoms with Crippen molar-refractivity contribution in [2.75, 3.05) is 62.8 Å². The number of nitrogens with zero attached hydrogens (tertiary/aromatic N) is 4. The van der Waals surface area contributed by atoms with Gasteiger partial charge in [-0.3, -0.25) is 9.69 Å². The number of aromatic nitrogens is 2. The van der Waals surface area contributed by atoms with Gasteiger partial charge < -0.3 is 20.3 Å². The smallest absolute Gasteiger partial charge is 0.254 e. The Labute approximate surface area is 214 Å². The van der Waals surface area contributed by atoms with E-state index in [1.165, 1.54) is 25.5 Å². The van der Waals surface area contributed by atoms with Crippen LogP contribution in [0.1, 0.15) is 29.6 Å². The molecule has 2 aliphatic rings. The van der Waals surface area contributed by atoms with Crippen LogP contribution < -0.4 is 15.4 Å². The molecule has 1 aromatic carbocycles. The van der Waals surface area contributed by atoms with Gasteiger partial charge in [-0.2, -0.15) is 4.98 Å². The van der Waals surface area contributed by atoms with Gasteiger partial charge in [-0.05, 0) is 49.3 Å². The number of amides is 1. The molecule has 0 bridgehead atoms. The van der Waals surface area contributed by atoms with Gasteiger partial charge in [0, 0.05) is 50.7 Å². The molecule has 1 aromatic heterocycles. The predicted octanol–water partition coefficient (Wildman–Crippen LogP) is 4.49. The van der Waals surface area contributed by atoms with Crippen LogP contribution >= 0.6 is 27.5 Å². The van der Waals surface area contributed by atoms with Gasteiger partial charge in [-0.1, -0.05) is 27.5 Å². The molecule has 2 fully saturated rings. The summed E-state index contributed by atoms with van der Waals surface area (Å²) in [4.78, 5) is 26.2. The van der Waals surface area contributed by atoms with Crippen molar-refractivity contribution in [3.8, 4) is 5.75 Å². The van der Waals surface area contributed by atoms with Crippen LogP contribution in [-0.4, -0.2) is 77.9 Å². The number of methoxy groups -OCH3 is 1. The number of carbonyl (C=O) groups is 1. The Morgan fingerprint density at radius 1 is 1.24 bits per heavy atom. The summed E-state index contributed by atoms with van der Waals surface area (Å²) in [6, 6.07) is 5.40. The van der Waals surface area contributed by atoms with Crippen LogP contribution in [0, 0.1) is 11.8 Å². The van der Waals surface area contributed by atoms with E-state index in [0.717, 1.165) is 49.9 Å². The van der Waals surface area contributed by atoms with Gasteiger partial charge >= 0.3 is 0 Å². The lowest BCUT2D eigenvalue weighted by atomic mass is 10.1. The number of nitrogens with one attached hydrogen (secondary N) is 2. The van der Waals surface area contributed by atoms with E-state index in [2.05, 4.69) is 41.4 Å². The number of alkyl halides is 1. The van der Waals surface area contributed by atoms with Crippen molar-refractivity contribution >= 4 is 50.9 Å². The predicted molar refractivity (Wildman–Crippen MR) is 140 cm³/mol. The van der Waals surface area contributed by atoms with Gasteiger partial charge in [-0.25, -0.2) is 4.98 Å². The molecule has 1 saturated carbocycles. The highest BCUT2D eigenvalue weighted by Crippen LogP contribution is 2.33. The highest BCUT2D eigenvalue weighted by Gasteiger charge is 2.28. The molecule has 0 spiro atoms. The summed E-state index contributed by atoms with van der Waals surface area (Å²) in [5.74, 6) is 3.12. The van der Waals surface area contributed by atoms with Crippen molar-refractivity contribution in [3.63, 3.8) is 0 Å². The number of ether oxygens (including phenoxy) is 1. The minimum atomic E-state index is 0.0323. The molecule has 2 aromatic rings. The molecule has 8 nitrogen and oxygen atoms in total. The van der Waals surface area contributed by atoms with Gasteiger partial charge in [0.2, 0.25) is 5.95 Å². The van der Waals surface area contributed by atoms with E-state index in [4.69, 9.17) is 16.3 Å². The zero-order valence-corrected chi connectivity index (χ0v) is 22.0. The molecule has 2 N–H and O–H groups in total. The van der Waals surface area contributed by atoms with Crippen molar-refractivity contribution in [2.24, 2.45) is 11.8 Å². The van der Waals surface area contributed by atoms with Gasteiger partial charge in [0.25, 0.3) is 5.91 Å². The topological polar surface area (TPSA) is 82.6 Å². The maximum atomic E-state index is 13.2. The minimum Gasteiger partial charge on any atom is -0.495 e. The monoisotopic (exact) mass is 550 g/mol. The third-order valence-corrected chi connectivity index (χ3v) is 7.91. The molecule has 1 aliphatic heterocycles. The molecule has 2 atom stereocenters. The number of hydrogen-bond acceptors (Lipinski definition) is 7. The average Bonchev–Trinajstić information content (AvgIpc) is 3.33. The van der Waals surface area contributed by atoms with E-state index < -0.39 is 0 Å². The lowest BCUT2D eigenvalue weighted by Gasteiger charge is -2.36. The fraction of sp³-hybridized carbons (Fsp3) is 0.542. The lowest BCUT2D eigenvalue weighted by Crippen LogP contribution is -2.49. The molecule has 2 heterocycles. The second-order valence-corrected chi connectivity index (χ2v) is 10.0. The summed E-state index contributed by atoms with van der Waals surface area (Å²) < 4.78 is 5.54. The summed E-state index contributed by atoms with van der Waals surface area (Å²) in [5.41, 5.74) is 1.28. The standard InChI is InChI=1S/C24H32BrClN6O2/c1-27-22-19(26)14-28-24(30-22)29-20-6-5-18(12-21(20)34-2)23(33)32-9-7-31(8-10-32)15-17-4-3-16(11-17)13-25/h5-6,12,14,16-17H,3-4,7-11,13,15H2,1-2H3,(H2,27,28,29,30)/t16-,17+/m1/s1. The largest absolute Gasteiger partial charge is 0.495 e. The van der Waals surface area contributed by atoms with Crippen molar-refractivity contribution in [3.05, 3.63) is 35.0 Å². The van der Waals surface area contributed by atoms with Crippen LogP contribution in [0.3, 0.4) is 0 Å². The number of rotatable bonds is 8. The summed E-state index contributed by atoms with van der Waals surface area (Å²) in [6.45, 7) is 4.52. The van der Waals surface area contributed by atoms with Crippen LogP contribution in [0.15, 0.2) is 24.4 Å². The van der Waals surface area contributed by atoms with Gasteiger partial charge in [-0.15, -0.1) is 0 Å². The van der Waals surface area contributed by atoms with E-state index in [1.54, 1.807) is 20.2 Å². The van der Waals surface area contributed by atoms with E-state index >= 15 is 0 Å². The van der Waals surface area contributed by atoms with Crippen molar-refractivity contribution in [1.29, 1.82) is 0 Å². The average molecular weight is 552 g/mol. The second kappa shape index (κ2) is 11.6. The van der Waals surface area contributed by atoms with Gasteiger partial charge in [0.1, 0.15) is 16.6 Å². The number of piperazine rings is 1. The minimum absolute atomic E-state index is 0.0323. The fourth-order valence-corrected chi connectivity index (χ4v) is 5.59. The Bertz CT molecular complexity index is 1000. The zero-order chi connectivity index (χ0) is 24.1. The summed E-state index contributed by atoms with van der Waals surface area (Å²) in [5, 5.41) is 7.62. The van der Waals surface area contributed by atoms with E-state index in [9.17, 15) is 4.79 Å². The van der Waals surface area contributed by atoms with Crippen molar-refractivity contribution in [2.45, 2.75) is 19.3 Å². The molecule has 0 radical (unpaired) electrons. The van der Waals surface area contributed by atoms with Gasteiger partial charge in [0.05, 0.1) is 19.0 Å². The van der Waals surface area contributed by atoms with E-state index in [1.807, 2.05) is 17.0 Å². The summed E-state index contributed by atoms with van der Waals surface area (Å²) in [6.07, 6.45) is 5.51. The fourth-order valence-electron chi connectivity index (χ4n) is 4.82. The number of benzene rings is 1. The van der Waals surface area contributed by atoms with Crippen LogP contribution in [0.25, 0.3) is 0 Å². The maximum Gasteiger partial charge on any atom is 0.254 e. The molecular formula is C24H32BrClN6O2. The summed E-state index contributed by atoms with van der Waals surface area (Å²) >= 11 is 9.69. The van der Waals surface area contributed by atoms with E-state index in [0.29, 0.717) is 33.8 Å². The van der Waals surface area contributed by atoms with Crippen molar-refractivity contribution in [1.82, 2.24) is 19.8 Å². The number of anilines is 3. The van der Waals surface area contributed by atoms with Crippen molar-refractivity contribution < 1.29 is 9.53 Å². The van der Waals surface area contributed by atoms with Crippen LogP contribution in [0.2, 0.25) is 5.02 Å². The first-order chi connectivity index (χ1) is 16.5. The number of hydrogen-bond donors (Lipinski definition) is 2. The Morgan fingerprint density at radius 3 is 2.68 bits per heavy atom. The van der Waals surface area contributed by atoms with Crippen LogP contribution in [-0.2, 0) is 0 Å². The summed E-state index contributed by atoms with van der Waals surface area (Å²) in [7, 11) is 3.33. The Balaban J connectivity index is 1.35. The lowest BCUT2D eigenvalue weighted by molar-refractivity contribution is 0.0617. The Morgan fingerprint density at radius 2 is 2.00 bits per heavy atom. The normalized spacial score (nSPS) is 20.9. The van der Waals surface area contributed by atoms with Gasteiger partial charge in [0.15, 0.2) is 0 Å². The quantitative estimate of drug-likeness (QED) is 0.468. The third kappa shape index (κ3) is 5.93.